The molecule has 1 saturated heterocycles. The second-order valence-electron chi connectivity index (χ2n) is 5.89. The van der Waals surface area contributed by atoms with Gasteiger partial charge in [0, 0.05) is 32.7 Å². The number of rotatable bonds is 4. The van der Waals surface area contributed by atoms with Crippen molar-refractivity contribution in [3.05, 3.63) is 0 Å². The molecule has 0 bridgehead atoms. The van der Waals surface area contributed by atoms with Crippen molar-refractivity contribution in [1.29, 1.82) is 0 Å². The molecule has 0 spiro atoms. The molecule has 20 heavy (non-hydrogen) atoms. The smallest absolute Gasteiger partial charge is 0.407 e. The Morgan fingerprint density at radius 3 is 2.30 bits per heavy atom. The molecule has 0 aliphatic carbocycles. The second kappa shape index (κ2) is 7.33. The van der Waals surface area contributed by atoms with E-state index in [-0.39, 0.29) is 0 Å². The molecule has 0 saturated carbocycles. The third-order valence-electron chi connectivity index (χ3n) is 2.96. The van der Waals surface area contributed by atoms with Crippen molar-refractivity contribution in [3.63, 3.8) is 0 Å². The Kier molecular flexibility index (Phi) is 6.06. The molecule has 0 unspecified atom stereocenters. The number of ether oxygens (including phenoxy) is 1. The van der Waals surface area contributed by atoms with Crippen LogP contribution in [-0.2, 0) is 4.74 Å². The molecular weight excluding hydrogens is 262 g/mol. The van der Waals surface area contributed by atoms with Crippen LogP contribution in [0.5, 0.6) is 0 Å². The van der Waals surface area contributed by atoms with Crippen molar-refractivity contribution < 1.29 is 19.4 Å². The Hall–Kier alpha value is -1.50. The van der Waals surface area contributed by atoms with Gasteiger partial charge in [-0.3, -0.25) is 4.90 Å². The highest BCUT2D eigenvalue weighted by atomic mass is 16.6. The first-order chi connectivity index (χ1) is 9.28. The molecular formula is C13H25N3O4. The summed E-state index contributed by atoms with van der Waals surface area (Å²) >= 11 is 0. The second-order valence-corrected chi connectivity index (χ2v) is 5.89. The molecule has 1 aliphatic rings. The summed E-state index contributed by atoms with van der Waals surface area (Å²) < 4.78 is 5.13. The van der Waals surface area contributed by atoms with Crippen molar-refractivity contribution >= 4 is 12.2 Å². The van der Waals surface area contributed by atoms with Gasteiger partial charge in [-0.1, -0.05) is 0 Å². The van der Waals surface area contributed by atoms with Gasteiger partial charge in [0.2, 0.25) is 0 Å². The molecule has 0 atom stereocenters. The van der Waals surface area contributed by atoms with Crippen LogP contribution in [0.3, 0.4) is 0 Å². The zero-order valence-corrected chi connectivity index (χ0v) is 12.5. The van der Waals surface area contributed by atoms with Crippen LogP contribution >= 0.6 is 0 Å². The summed E-state index contributed by atoms with van der Waals surface area (Å²) in [5.74, 6) is 0. The monoisotopic (exact) mass is 287 g/mol. The molecule has 116 valence electrons. The number of carbonyl (C=O) groups excluding carboxylic acids is 1. The van der Waals surface area contributed by atoms with Gasteiger partial charge in [-0.05, 0) is 33.7 Å². The number of alkyl carbamates (subject to hydrolysis) is 1. The molecule has 7 nitrogen and oxygen atoms in total. The van der Waals surface area contributed by atoms with Crippen LogP contribution < -0.4 is 5.32 Å². The number of carbonyl (C=O) groups is 2. The first kappa shape index (κ1) is 16.6. The Labute approximate surface area is 119 Å². The van der Waals surface area contributed by atoms with Crippen LogP contribution in [0, 0.1) is 0 Å². The molecule has 2 amide bonds. The molecule has 1 fully saturated rings. The van der Waals surface area contributed by atoms with Crippen molar-refractivity contribution in [1.82, 2.24) is 15.1 Å². The van der Waals surface area contributed by atoms with Gasteiger partial charge in [-0.15, -0.1) is 0 Å². The molecule has 0 radical (unpaired) electrons. The van der Waals surface area contributed by atoms with E-state index in [4.69, 9.17) is 9.84 Å². The number of nitrogens with zero attached hydrogens (tertiary/aromatic N) is 2. The largest absolute Gasteiger partial charge is 0.465 e. The van der Waals surface area contributed by atoms with Gasteiger partial charge in [0.25, 0.3) is 0 Å². The highest BCUT2D eigenvalue weighted by Crippen LogP contribution is 2.06. The minimum Gasteiger partial charge on any atom is -0.465 e. The fourth-order valence-corrected chi connectivity index (χ4v) is 1.97. The SMILES string of the molecule is CC(C)(C)OC(=O)NCCCN1CCN(C(=O)O)CC1. The average Bonchev–Trinajstić information content (AvgIpc) is 2.33. The number of hydrogen-bond acceptors (Lipinski definition) is 4. The lowest BCUT2D eigenvalue weighted by atomic mass is 10.2. The van der Waals surface area contributed by atoms with Gasteiger partial charge in [0.15, 0.2) is 0 Å². The lowest BCUT2D eigenvalue weighted by Crippen LogP contribution is -2.48. The van der Waals surface area contributed by atoms with Gasteiger partial charge in [-0.25, -0.2) is 9.59 Å². The molecule has 1 heterocycles. The molecule has 0 aromatic rings. The predicted octanol–water partition coefficient (Wildman–Crippen LogP) is 1.20. The number of carboxylic acid groups (broad SMARTS) is 1. The van der Waals surface area contributed by atoms with Gasteiger partial charge in [0.1, 0.15) is 5.60 Å². The molecule has 1 aliphatic heterocycles. The summed E-state index contributed by atoms with van der Waals surface area (Å²) in [6.45, 7) is 9.50. The Morgan fingerprint density at radius 1 is 1.20 bits per heavy atom. The minimum absolute atomic E-state index is 0.395. The maximum absolute atomic E-state index is 11.4. The first-order valence-corrected chi connectivity index (χ1v) is 6.95. The maximum atomic E-state index is 11.4. The van der Waals surface area contributed by atoms with Gasteiger partial charge in [0.05, 0.1) is 0 Å². The van der Waals surface area contributed by atoms with Crippen molar-refractivity contribution in [2.24, 2.45) is 0 Å². The molecule has 2 N–H and O–H groups in total. The maximum Gasteiger partial charge on any atom is 0.407 e. The van der Waals surface area contributed by atoms with E-state index < -0.39 is 17.8 Å². The predicted molar refractivity (Wildman–Crippen MR) is 74.9 cm³/mol. The quantitative estimate of drug-likeness (QED) is 0.759. The molecule has 0 aromatic carbocycles. The highest BCUT2D eigenvalue weighted by molar-refractivity contribution is 5.67. The van der Waals surface area contributed by atoms with E-state index in [1.54, 1.807) is 0 Å². The van der Waals surface area contributed by atoms with Crippen LogP contribution in [0.1, 0.15) is 27.2 Å². The fourth-order valence-electron chi connectivity index (χ4n) is 1.97. The standard InChI is InChI=1S/C13H25N3O4/c1-13(2,3)20-11(17)14-5-4-6-15-7-9-16(10-8-15)12(18)19/h4-10H2,1-3H3,(H,14,17)(H,18,19). The van der Waals surface area contributed by atoms with Gasteiger partial charge < -0.3 is 20.1 Å². The molecule has 0 aromatic heterocycles. The van der Waals surface area contributed by atoms with Gasteiger partial charge >= 0.3 is 12.2 Å². The Balaban J connectivity index is 2.08. The number of amides is 2. The minimum atomic E-state index is -0.851. The summed E-state index contributed by atoms with van der Waals surface area (Å²) in [6.07, 6.45) is -0.420. The van der Waals surface area contributed by atoms with Crippen LogP contribution in [0.4, 0.5) is 9.59 Å². The number of nitrogens with one attached hydrogen (secondary N) is 1. The van der Waals surface area contributed by atoms with Crippen LogP contribution in [0.2, 0.25) is 0 Å². The van der Waals surface area contributed by atoms with Crippen LogP contribution in [-0.4, -0.2) is 72.0 Å². The number of piperazine rings is 1. The van der Waals surface area contributed by atoms with E-state index in [1.807, 2.05) is 20.8 Å². The topological polar surface area (TPSA) is 82.1 Å². The van der Waals surface area contributed by atoms with Crippen LogP contribution in [0.25, 0.3) is 0 Å². The fraction of sp³-hybridized carbons (Fsp3) is 0.846. The summed E-state index contributed by atoms with van der Waals surface area (Å²) in [7, 11) is 0. The highest BCUT2D eigenvalue weighted by Gasteiger charge is 2.20. The lowest BCUT2D eigenvalue weighted by Gasteiger charge is -2.33. The third-order valence-corrected chi connectivity index (χ3v) is 2.96. The zero-order chi connectivity index (χ0) is 15.2. The van der Waals surface area contributed by atoms with Crippen molar-refractivity contribution in [2.75, 3.05) is 39.3 Å². The zero-order valence-electron chi connectivity index (χ0n) is 12.5. The number of hydrogen-bond donors (Lipinski definition) is 2. The van der Waals surface area contributed by atoms with Crippen LogP contribution in [0.15, 0.2) is 0 Å². The summed E-state index contributed by atoms with van der Waals surface area (Å²) in [5.41, 5.74) is -0.475. The summed E-state index contributed by atoms with van der Waals surface area (Å²) in [4.78, 5) is 25.8. The van der Waals surface area contributed by atoms with E-state index in [0.717, 1.165) is 26.1 Å². The normalized spacial score (nSPS) is 16.9. The molecule has 1 rings (SSSR count). The van der Waals surface area contributed by atoms with E-state index in [2.05, 4.69) is 10.2 Å². The van der Waals surface area contributed by atoms with Crippen molar-refractivity contribution in [3.8, 4) is 0 Å². The summed E-state index contributed by atoms with van der Waals surface area (Å²) in [6, 6.07) is 0. The summed E-state index contributed by atoms with van der Waals surface area (Å²) in [5, 5.41) is 11.6. The van der Waals surface area contributed by atoms with Gasteiger partial charge in [-0.2, -0.15) is 0 Å². The Morgan fingerprint density at radius 2 is 1.80 bits per heavy atom. The average molecular weight is 287 g/mol. The van der Waals surface area contributed by atoms with E-state index in [1.165, 1.54) is 4.90 Å². The lowest BCUT2D eigenvalue weighted by molar-refractivity contribution is 0.0523. The van der Waals surface area contributed by atoms with E-state index in [9.17, 15) is 9.59 Å². The van der Waals surface area contributed by atoms with E-state index >= 15 is 0 Å². The third kappa shape index (κ3) is 6.60. The first-order valence-electron chi connectivity index (χ1n) is 6.95. The molecule has 7 heteroatoms. The van der Waals surface area contributed by atoms with E-state index in [0.29, 0.717) is 19.6 Å². The van der Waals surface area contributed by atoms with Crippen molar-refractivity contribution in [2.45, 2.75) is 32.8 Å². The Bertz CT molecular complexity index is 333.